The first kappa shape index (κ1) is 21.5. The van der Waals surface area contributed by atoms with Gasteiger partial charge in [0.1, 0.15) is 19.0 Å². The van der Waals surface area contributed by atoms with Crippen molar-refractivity contribution >= 4 is 17.4 Å². The van der Waals surface area contributed by atoms with Gasteiger partial charge in [-0.05, 0) is 49.2 Å². The zero-order valence-corrected chi connectivity index (χ0v) is 18.0. The summed E-state index contributed by atoms with van der Waals surface area (Å²) in [5.74, 6) is -0.529. The van der Waals surface area contributed by atoms with Gasteiger partial charge in [0.05, 0.1) is 18.2 Å². The molecule has 0 radical (unpaired) electrons. The van der Waals surface area contributed by atoms with Crippen molar-refractivity contribution in [1.82, 2.24) is 4.90 Å². The lowest BCUT2D eigenvalue weighted by Gasteiger charge is -2.25. The summed E-state index contributed by atoms with van der Waals surface area (Å²) in [4.78, 5) is 27.3. The van der Waals surface area contributed by atoms with Gasteiger partial charge in [0.2, 0.25) is 0 Å². The summed E-state index contributed by atoms with van der Waals surface area (Å²) in [6, 6.07) is 8.73. The maximum Gasteiger partial charge on any atom is 0.295 e. The maximum atomic E-state index is 13.0. The van der Waals surface area contributed by atoms with Gasteiger partial charge in [-0.2, -0.15) is 0 Å². The Hall–Kier alpha value is -3.68. The lowest BCUT2D eigenvalue weighted by Crippen LogP contribution is -2.30. The third-order valence-corrected chi connectivity index (χ3v) is 5.42. The first-order valence-corrected chi connectivity index (χ1v) is 10.6. The Balaban J connectivity index is 1.85. The number of ether oxygens (including phenoxy) is 3. The number of aliphatic hydroxyl groups excluding tert-OH is 1. The molecule has 0 saturated carbocycles. The molecule has 0 spiro atoms. The van der Waals surface area contributed by atoms with Crippen LogP contribution in [0.15, 0.2) is 42.0 Å². The number of likely N-dealkylation sites (tertiary alicyclic amines) is 1. The predicted octanol–water partition coefficient (Wildman–Crippen LogP) is 3.39. The normalized spacial score (nSPS) is 19.3. The third kappa shape index (κ3) is 3.72. The third-order valence-electron chi connectivity index (χ3n) is 5.42. The van der Waals surface area contributed by atoms with E-state index in [0.717, 1.165) is 0 Å². The van der Waals surface area contributed by atoms with Crippen LogP contribution in [0.4, 0.5) is 0 Å². The van der Waals surface area contributed by atoms with Gasteiger partial charge in [0, 0.05) is 12.1 Å². The van der Waals surface area contributed by atoms with Gasteiger partial charge in [-0.15, -0.1) is 0 Å². The number of carbonyl (C=O) groups is 2. The molecule has 2 N–H and O–H groups in total. The van der Waals surface area contributed by atoms with E-state index in [-0.39, 0.29) is 22.8 Å². The van der Waals surface area contributed by atoms with Crippen molar-refractivity contribution in [3.05, 3.63) is 53.1 Å². The number of aliphatic hydroxyl groups is 1. The standard InChI is InChI=1S/C24H25NO7/c1-3-9-25-21(14-5-7-16(26)18(12-14)30-4-2)20(23(28)24(25)29)22(27)15-6-8-17-19(13-15)32-11-10-31-17/h5-8,12-13,21,26-27H,3-4,9-11H2,1-2H3/b22-20+. The van der Waals surface area contributed by atoms with Gasteiger partial charge in [0.15, 0.2) is 23.0 Å². The Labute approximate surface area is 185 Å². The number of ketones is 1. The quantitative estimate of drug-likeness (QED) is 0.404. The smallest absolute Gasteiger partial charge is 0.295 e. The van der Waals surface area contributed by atoms with E-state index in [4.69, 9.17) is 14.2 Å². The summed E-state index contributed by atoms with van der Waals surface area (Å²) in [6.45, 7) is 5.17. The number of Topliss-reactive ketones (excluding diaryl/α,β-unsaturated/α-hetero) is 1. The van der Waals surface area contributed by atoms with Crippen LogP contribution in [0.2, 0.25) is 0 Å². The van der Waals surface area contributed by atoms with Crippen LogP contribution in [0.3, 0.4) is 0 Å². The highest BCUT2D eigenvalue weighted by molar-refractivity contribution is 6.46. The van der Waals surface area contributed by atoms with Crippen molar-refractivity contribution in [2.24, 2.45) is 0 Å². The minimum atomic E-state index is -0.817. The van der Waals surface area contributed by atoms with Gasteiger partial charge < -0.3 is 29.3 Å². The average molecular weight is 439 g/mol. The number of hydrogen-bond donors (Lipinski definition) is 2. The van der Waals surface area contributed by atoms with Crippen LogP contribution < -0.4 is 14.2 Å². The first-order chi connectivity index (χ1) is 15.5. The number of phenolic OH excluding ortho intramolecular Hbond substituents is 1. The molecule has 2 aromatic rings. The molecular weight excluding hydrogens is 414 g/mol. The second-order valence-corrected chi connectivity index (χ2v) is 7.51. The number of nitrogens with zero attached hydrogens (tertiary/aromatic N) is 1. The molecule has 32 heavy (non-hydrogen) atoms. The van der Waals surface area contributed by atoms with Crippen LogP contribution in [0.25, 0.3) is 5.76 Å². The lowest BCUT2D eigenvalue weighted by molar-refractivity contribution is -0.139. The van der Waals surface area contributed by atoms with E-state index in [0.29, 0.717) is 55.4 Å². The molecule has 168 valence electrons. The molecule has 1 atom stereocenters. The van der Waals surface area contributed by atoms with Crippen molar-refractivity contribution in [3.8, 4) is 23.0 Å². The van der Waals surface area contributed by atoms with E-state index in [1.165, 1.54) is 11.0 Å². The monoisotopic (exact) mass is 439 g/mol. The fourth-order valence-electron chi connectivity index (χ4n) is 4.02. The molecule has 1 fully saturated rings. The number of hydrogen-bond acceptors (Lipinski definition) is 7. The molecule has 4 rings (SSSR count). The zero-order valence-electron chi connectivity index (χ0n) is 18.0. The lowest BCUT2D eigenvalue weighted by atomic mass is 9.94. The predicted molar refractivity (Wildman–Crippen MR) is 116 cm³/mol. The minimum absolute atomic E-state index is 0.0201. The van der Waals surface area contributed by atoms with Crippen LogP contribution in [0.1, 0.15) is 37.4 Å². The molecule has 2 aliphatic heterocycles. The van der Waals surface area contributed by atoms with E-state index in [1.807, 2.05) is 6.92 Å². The number of amides is 1. The van der Waals surface area contributed by atoms with E-state index in [2.05, 4.69) is 0 Å². The summed E-state index contributed by atoms with van der Waals surface area (Å²) in [7, 11) is 0. The summed E-state index contributed by atoms with van der Waals surface area (Å²) >= 11 is 0. The highest BCUT2D eigenvalue weighted by Gasteiger charge is 2.46. The molecule has 1 amide bonds. The number of fused-ring (bicyclic) bond motifs is 1. The molecule has 1 unspecified atom stereocenters. The first-order valence-electron chi connectivity index (χ1n) is 10.6. The number of rotatable bonds is 6. The summed E-state index contributed by atoms with van der Waals surface area (Å²) in [5.41, 5.74) is 0.879. The Kier molecular flexibility index (Phi) is 5.94. The number of carbonyl (C=O) groups excluding carboxylic acids is 2. The molecule has 0 aromatic heterocycles. The second-order valence-electron chi connectivity index (χ2n) is 7.51. The largest absolute Gasteiger partial charge is 0.507 e. The van der Waals surface area contributed by atoms with Crippen molar-refractivity contribution < 1.29 is 34.0 Å². The Morgan fingerprint density at radius 2 is 1.84 bits per heavy atom. The van der Waals surface area contributed by atoms with Gasteiger partial charge in [-0.1, -0.05) is 13.0 Å². The molecular formula is C24H25NO7. The topological polar surface area (TPSA) is 106 Å². The van der Waals surface area contributed by atoms with Gasteiger partial charge in [0.25, 0.3) is 11.7 Å². The van der Waals surface area contributed by atoms with E-state index in [1.54, 1.807) is 37.3 Å². The summed E-state index contributed by atoms with van der Waals surface area (Å²) in [5, 5.41) is 21.2. The van der Waals surface area contributed by atoms with Crippen molar-refractivity contribution in [2.75, 3.05) is 26.4 Å². The number of phenols is 1. The average Bonchev–Trinajstić information content (AvgIpc) is 3.05. The van der Waals surface area contributed by atoms with Gasteiger partial charge >= 0.3 is 0 Å². The minimum Gasteiger partial charge on any atom is -0.507 e. The number of aromatic hydroxyl groups is 1. The highest BCUT2D eigenvalue weighted by atomic mass is 16.6. The van der Waals surface area contributed by atoms with Crippen molar-refractivity contribution in [2.45, 2.75) is 26.3 Å². The van der Waals surface area contributed by atoms with Crippen LogP contribution in [0.5, 0.6) is 23.0 Å². The van der Waals surface area contributed by atoms with Crippen LogP contribution in [-0.4, -0.2) is 53.2 Å². The van der Waals surface area contributed by atoms with Crippen LogP contribution in [-0.2, 0) is 9.59 Å². The SMILES string of the molecule is CCCN1C(=O)C(=O)/C(=C(/O)c2ccc3c(c2)OCCO3)C1c1ccc(O)c(OCC)c1. The van der Waals surface area contributed by atoms with E-state index >= 15 is 0 Å². The van der Waals surface area contributed by atoms with Gasteiger partial charge in [-0.3, -0.25) is 9.59 Å². The molecule has 2 aromatic carbocycles. The molecule has 2 heterocycles. The Morgan fingerprint density at radius 1 is 1.09 bits per heavy atom. The summed E-state index contributed by atoms with van der Waals surface area (Å²) in [6.07, 6.45) is 0.629. The van der Waals surface area contributed by atoms with Crippen molar-refractivity contribution in [3.63, 3.8) is 0 Å². The summed E-state index contributed by atoms with van der Waals surface area (Å²) < 4.78 is 16.6. The highest BCUT2D eigenvalue weighted by Crippen LogP contribution is 2.43. The maximum absolute atomic E-state index is 13.0. The van der Waals surface area contributed by atoms with Gasteiger partial charge in [-0.25, -0.2) is 0 Å². The fraction of sp³-hybridized carbons (Fsp3) is 0.333. The molecule has 1 saturated heterocycles. The molecule has 0 bridgehead atoms. The van der Waals surface area contributed by atoms with E-state index < -0.39 is 17.7 Å². The van der Waals surface area contributed by atoms with E-state index in [9.17, 15) is 19.8 Å². The van der Waals surface area contributed by atoms with Crippen LogP contribution >= 0.6 is 0 Å². The van der Waals surface area contributed by atoms with Crippen molar-refractivity contribution in [1.29, 1.82) is 0 Å². The van der Waals surface area contributed by atoms with Crippen LogP contribution in [0, 0.1) is 0 Å². The Bertz CT molecular complexity index is 1090. The molecule has 8 heteroatoms. The molecule has 8 nitrogen and oxygen atoms in total. The number of benzene rings is 2. The molecule has 2 aliphatic rings. The fourth-order valence-corrected chi connectivity index (χ4v) is 4.02. The molecule has 0 aliphatic carbocycles. The Morgan fingerprint density at radius 3 is 2.56 bits per heavy atom. The zero-order chi connectivity index (χ0) is 22.8. The second kappa shape index (κ2) is 8.82.